The molecule has 0 fully saturated rings. The van der Waals surface area contributed by atoms with Crippen molar-refractivity contribution in [1.29, 1.82) is 0 Å². The molecule has 0 aliphatic rings. The molecule has 0 spiro atoms. The molecule has 0 atom stereocenters. The third kappa shape index (κ3) is 3.97. The highest BCUT2D eigenvalue weighted by Gasteiger charge is 2.20. The number of hydrogen-bond acceptors (Lipinski definition) is 4. The third-order valence-electron chi connectivity index (χ3n) is 2.63. The van der Waals surface area contributed by atoms with Gasteiger partial charge in [0, 0.05) is 12.2 Å². The molecular formula is C13H20N2O3S. The van der Waals surface area contributed by atoms with Crippen LogP contribution in [0.15, 0.2) is 28.7 Å². The second-order valence-electron chi connectivity index (χ2n) is 4.49. The smallest absolute Gasteiger partial charge is 0.244 e. The van der Waals surface area contributed by atoms with E-state index in [1.165, 1.54) is 13.2 Å². The van der Waals surface area contributed by atoms with Gasteiger partial charge in [-0.3, -0.25) is 0 Å². The van der Waals surface area contributed by atoms with E-state index in [1.807, 2.05) is 13.8 Å². The van der Waals surface area contributed by atoms with E-state index in [2.05, 4.69) is 4.72 Å². The molecule has 0 saturated carbocycles. The van der Waals surface area contributed by atoms with Crippen molar-refractivity contribution in [3.05, 3.63) is 29.3 Å². The number of anilines is 1. The average Bonchev–Trinajstić information content (AvgIpc) is 2.31. The molecule has 0 heterocycles. The fraction of sp³-hybridized carbons (Fsp3) is 0.385. The molecule has 3 N–H and O–H groups in total. The summed E-state index contributed by atoms with van der Waals surface area (Å²) in [5.74, 6) is 0.288. The number of nitrogen functional groups attached to an aromatic ring is 1. The lowest BCUT2D eigenvalue weighted by Gasteiger charge is -2.12. The standard InChI is InChI=1S/C13H20N2O3S/c1-9(2)5-6-15-19(16,17)13-8-11(14)10(3)7-12(13)18-4/h5,7-8,15H,6,14H2,1-4H3. The molecule has 0 aliphatic carbocycles. The minimum absolute atomic E-state index is 0.0558. The highest BCUT2D eigenvalue weighted by Crippen LogP contribution is 2.28. The van der Waals surface area contributed by atoms with Crippen molar-refractivity contribution in [3.8, 4) is 5.75 Å². The Hall–Kier alpha value is -1.53. The topological polar surface area (TPSA) is 81.4 Å². The van der Waals surface area contributed by atoms with Gasteiger partial charge in [0.15, 0.2) is 0 Å². The maximum Gasteiger partial charge on any atom is 0.244 e. The van der Waals surface area contributed by atoms with Crippen LogP contribution in [0.3, 0.4) is 0 Å². The van der Waals surface area contributed by atoms with Gasteiger partial charge in [-0.1, -0.05) is 11.6 Å². The third-order valence-corrected chi connectivity index (χ3v) is 4.07. The molecule has 1 aromatic rings. The Morgan fingerprint density at radius 2 is 2.05 bits per heavy atom. The summed E-state index contributed by atoms with van der Waals surface area (Å²) in [7, 11) is -2.21. The summed E-state index contributed by atoms with van der Waals surface area (Å²) in [5, 5.41) is 0. The summed E-state index contributed by atoms with van der Waals surface area (Å²) in [5.41, 5.74) is 8.00. The first-order chi connectivity index (χ1) is 8.77. The second-order valence-corrected chi connectivity index (χ2v) is 6.23. The SMILES string of the molecule is COc1cc(C)c(N)cc1S(=O)(=O)NCC=C(C)C. The van der Waals surface area contributed by atoms with E-state index < -0.39 is 10.0 Å². The lowest BCUT2D eigenvalue weighted by atomic mass is 10.2. The zero-order valence-electron chi connectivity index (χ0n) is 11.6. The van der Waals surface area contributed by atoms with E-state index in [-0.39, 0.29) is 17.2 Å². The van der Waals surface area contributed by atoms with Crippen molar-refractivity contribution in [2.45, 2.75) is 25.7 Å². The Kier molecular flexibility index (Phi) is 4.97. The number of methoxy groups -OCH3 is 1. The summed E-state index contributed by atoms with van der Waals surface area (Å²) in [6.07, 6.45) is 1.79. The fourth-order valence-electron chi connectivity index (χ4n) is 1.48. The molecule has 6 heteroatoms. The maximum atomic E-state index is 12.2. The van der Waals surface area contributed by atoms with Crippen LogP contribution in [0.25, 0.3) is 0 Å². The normalized spacial score (nSPS) is 11.2. The number of nitrogens with two attached hydrogens (primary N) is 1. The zero-order valence-corrected chi connectivity index (χ0v) is 12.5. The highest BCUT2D eigenvalue weighted by atomic mass is 32.2. The predicted molar refractivity (Wildman–Crippen MR) is 76.8 cm³/mol. The summed E-state index contributed by atoms with van der Waals surface area (Å²) >= 11 is 0. The summed E-state index contributed by atoms with van der Waals surface area (Å²) in [6, 6.07) is 3.03. The van der Waals surface area contributed by atoms with Crippen LogP contribution in [-0.2, 0) is 10.0 Å². The van der Waals surface area contributed by atoms with Gasteiger partial charge >= 0.3 is 0 Å². The van der Waals surface area contributed by atoms with Crippen molar-refractivity contribution < 1.29 is 13.2 Å². The van der Waals surface area contributed by atoms with Crippen LogP contribution >= 0.6 is 0 Å². The summed E-state index contributed by atoms with van der Waals surface area (Å²) in [4.78, 5) is 0.0558. The van der Waals surface area contributed by atoms with Crippen LogP contribution in [0.4, 0.5) is 5.69 Å². The predicted octanol–water partition coefficient (Wildman–Crippen LogP) is 1.83. The van der Waals surface area contributed by atoms with E-state index in [9.17, 15) is 8.42 Å². The number of rotatable bonds is 5. The Balaban J connectivity index is 3.14. The first kappa shape index (κ1) is 15.5. The molecule has 5 nitrogen and oxygen atoms in total. The Bertz CT molecular complexity index is 588. The van der Waals surface area contributed by atoms with Crippen LogP contribution < -0.4 is 15.2 Å². The van der Waals surface area contributed by atoms with Gasteiger partial charge in [-0.05, 0) is 38.5 Å². The van der Waals surface area contributed by atoms with Crippen molar-refractivity contribution in [3.63, 3.8) is 0 Å². The Labute approximate surface area is 114 Å². The molecule has 1 aromatic carbocycles. The fourth-order valence-corrected chi connectivity index (χ4v) is 2.63. The van der Waals surface area contributed by atoms with Gasteiger partial charge in [-0.15, -0.1) is 0 Å². The van der Waals surface area contributed by atoms with E-state index in [4.69, 9.17) is 10.5 Å². The number of aryl methyl sites for hydroxylation is 1. The lowest BCUT2D eigenvalue weighted by molar-refractivity contribution is 0.402. The molecule has 19 heavy (non-hydrogen) atoms. The minimum Gasteiger partial charge on any atom is -0.495 e. The molecule has 0 aliphatic heterocycles. The molecule has 1 rings (SSSR count). The quantitative estimate of drug-likeness (QED) is 0.638. The average molecular weight is 284 g/mol. The van der Waals surface area contributed by atoms with E-state index in [0.717, 1.165) is 11.1 Å². The molecule has 0 amide bonds. The van der Waals surface area contributed by atoms with Crippen molar-refractivity contribution in [2.75, 3.05) is 19.4 Å². The molecular weight excluding hydrogens is 264 g/mol. The second kappa shape index (κ2) is 6.08. The van der Waals surface area contributed by atoms with Crippen molar-refractivity contribution in [2.24, 2.45) is 0 Å². The Morgan fingerprint density at radius 3 is 2.58 bits per heavy atom. The monoisotopic (exact) mass is 284 g/mol. The van der Waals surface area contributed by atoms with Gasteiger partial charge in [-0.2, -0.15) is 0 Å². The van der Waals surface area contributed by atoms with Crippen LogP contribution in [0, 0.1) is 6.92 Å². The lowest BCUT2D eigenvalue weighted by Crippen LogP contribution is -2.24. The molecule has 0 bridgehead atoms. The van der Waals surface area contributed by atoms with Gasteiger partial charge < -0.3 is 10.5 Å². The molecule has 0 saturated heterocycles. The largest absolute Gasteiger partial charge is 0.495 e. The van der Waals surface area contributed by atoms with Gasteiger partial charge in [0.25, 0.3) is 0 Å². The van der Waals surface area contributed by atoms with Gasteiger partial charge in [0.05, 0.1) is 7.11 Å². The van der Waals surface area contributed by atoms with Crippen LogP contribution in [-0.4, -0.2) is 22.1 Å². The van der Waals surface area contributed by atoms with Crippen LogP contribution in [0.2, 0.25) is 0 Å². The Morgan fingerprint density at radius 1 is 1.42 bits per heavy atom. The number of benzene rings is 1. The first-order valence-electron chi connectivity index (χ1n) is 5.85. The van der Waals surface area contributed by atoms with Crippen molar-refractivity contribution >= 4 is 15.7 Å². The van der Waals surface area contributed by atoms with E-state index in [1.54, 1.807) is 19.1 Å². The van der Waals surface area contributed by atoms with Crippen molar-refractivity contribution in [1.82, 2.24) is 4.72 Å². The highest BCUT2D eigenvalue weighted by molar-refractivity contribution is 7.89. The molecule has 0 unspecified atom stereocenters. The molecule has 106 valence electrons. The summed E-state index contributed by atoms with van der Waals surface area (Å²) in [6.45, 7) is 5.84. The molecule has 0 aromatic heterocycles. The van der Waals surface area contributed by atoms with Gasteiger partial charge in [-0.25, -0.2) is 13.1 Å². The number of sulfonamides is 1. The van der Waals surface area contributed by atoms with Gasteiger partial charge in [0.1, 0.15) is 10.6 Å². The van der Waals surface area contributed by atoms with Crippen LogP contribution in [0.5, 0.6) is 5.75 Å². The number of allylic oxidation sites excluding steroid dienone is 1. The van der Waals surface area contributed by atoms with E-state index in [0.29, 0.717) is 5.69 Å². The summed E-state index contributed by atoms with van der Waals surface area (Å²) < 4.78 is 32.0. The van der Waals surface area contributed by atoms with Gasteiger partial charge in [0.2, 0.25) is 10.0 Å². The van der Waals surface area contributed by atoms with E-state index >= 15 is 0 Å². The van der Waals surface area contributed by atoms with Crippen LogP contribution in [0.1, 0.15) is 19.4 Å². The number of hydrogen-bond donors (Lipinski definition) is 2. The first-order valence-corrected chi connectivity index (χ1v) is 7.33. The minimum atomic E-state index is -3.64. The number of ether oxygens (including phenoxy) is 1. The number of nitrogens with one attached hydrogen (secondary N) is 1. The zero-order chi connectivity index (χ0) is 14.6. The maximum absolute atomic E-state index is 12.2. The molecule has 0 radical (unpaired) electrons.